The Balaban J connectivity index is 1.84. The zero-order valence-electron chi connectivity index (χ0n) is 13.7. The summed E-state index contributed by atoms with van der Waals surface area (Å²) in [7, 11) is 0. The first-order chi connectivity index (χ1) is 10.7. The molecule has 1 N–H and O–H groups in total. The Labute approximate surface area is 135 Å². The van der Waals surface area contributed by atoms with Crippen LogP contribution in [0.1, 0.15) is 44.0 Å². The molecule has 2 heterocycles. The van der Waals surface area contributed by atoms with Crippen LogP contribution in [0.4, 0.5) is 10.6 Å². The first-order valence-electron chi connectivity index (χ1n) is 7.66. The molecule has 0 aromatic carbocycles. The number of hydrogen-bond donors (Lipinski definition) is 1. The first kappa shape index (κ1) is 17.1. The van der Waals surface area contributed by atoms with Gasteiger partial charge in [0.1, 0.15) is 11.4 Å². The molecule has 7 heteroatoms. The molecule has 0 saturated carbocycles. The summed E-state index contributed by atoms with van der Waals surface area (Å²) in [6, 6.07) is 3.23. The van der Waals surface area contributed by atoms with Crippen LogP contribution in [-0.4, -0.2) is 41.8 Å². The van der Waals surface area contributed by atoms with Crippen molar-refractivity contribution < 1.29 is 19.4 Å². The predicted octanol–water partition coefficient (Wildman–Crippen LogP) is 0.939. The SMILES string of the molecule is CC(C)(C)OC(=O)NC1CCN(c2ccc(C(=O)[O-])cn2)CC1. The molecule has 2 rings (SSSR count). The van der Waals surface area contributed by atoms with E-state index < -0.39 is 17.7 Å². The van der Waals surface area contributed by atoms with Crippen molar-refractivity contribution in [1.82, 2.24) is 10.3 Å². The minimum absolute atomic E-state index is 0.0650. The Morgan fingerprint density at radius 3 is 2.43 bits per heavy atom. The molecule has 1 aromatic rings. The van der Waals surface area contributed by atoms with E-state index in [0.717, 1.165) is 31.7 Å². The highest BCUT2D eigenvalue weighted by Crippen LogP contribution is 2.18. The van der Waals surface area contributed by atoms with Gasteiger partial charge < -0.3 is 24.9 Å². The van der Waals surface area contributed by atoms with Crippen molar-refractivity contribution in [1.29, 1.82) is 0 Å². The highest BCUT2D eigenvalue weighted by molar-refractivity contribution is 5.85. The van der Waals surface area contributed by atoms with Crippen molar-refractivity contribution >= 4 is 17.9 Å². The summed E-state index contributed by atoms with van der Waals surface area (Å²) in [5, 5.41) is 13.6. The number of carbonyl (C=O) groups is 2. The molecule has 0 radical (unpaired) electrons. The molecular formula is C16H22N3O4-. The second-order valence-electron chi connectivity index (χ2n) is 6.60. The average molecular weight is 320 g/mol. The van der Waals surface area contributed by atoms with Gasteiger partial charge in [-0.05, 0) is 45.7 Å². The highest BCUT2D eigenvalue weighted by atomic mass is 16.6. The normalized spacial score (nSPS) is 16.0. The number of ether oxygens (including phenoxy) is 1. The van der Waals surface area contributed by atoms with Crippen molar-refractivity contribution in [2.45, 2.75) is 45.3 Å². The quantitative estimate of drug-likeness (QED) is 0.890. The van der Waals surface area contributed by atoms with Gasteiger partial charge in [0.2, 0.25) is 0 Å². The highest BCUT2D eigenvalue weighted by Gasteiger charge is 2.24. The van der Waals surface area contributed by atoms with E-state index in [9.17, 15) is 14.7 Å². The number of hydrogen-bond acceptors (Lipinski definition) is 6. The van der Waals surface area contributed by atoms with E-state index in [0.29, 0.717) is 0 Å². The van der Waals surface area contributed by atoms with Crippen molar-refractivity contribution in [3.63, 3.8) is 0 Å². The lowest BCUT2D eigenvalue weighted by molar-refractivity contribution is -0.255. The number of aromatic carboxylic acids is 1. The third-order valence-electron chi connectivity index (χ3n) is 3.52. The number of anilines is 1. The molecule has 1 aliphatic heterocycles. The summed E-state index contributed by atoms with van der Waals surface area (Å²) in [5.41, 5.74) is -0.439. The molecule has 0 atom stereocenters. The van der Waals surface area contributed by atoms with Gasteiger partial charge in [-0.3, -0.25) is 0 Å². The van der Waals surface area contributed by atoms with Gasteiger partial charge in [-0.15, -0.1) is 0 Å². The molecule has 1 fully saturated rings. The van der Waals surface area contributed by atoms with E-state index in [1.165, 1.54) is 12.3 Å². The lowest BCUT2D eigenvalue weighted by atomic mass is 10.1. The second-order valence-corrected chi connectivity index (χ2v) is 6.60. The number of piperidine rings is 1. The number of carboxylic acid groups (broad SMARTS) is 1. The van der Waals surface area contributed by atoms with Gasteiger partial charge in [-0.25, -0.2) is 9.78 Å². The van der Waals surface area contributed by atoms with E-state index in [2.05, 4.69) is 15.2 Å². The molecule has 1 amide bonds. The van der Waals surface area contributed by atoms with Crippen molar-refractivity contribution in [2.75, 3.05) is 18.0 Å². The fraction of sp³-hybridized carbons (Fsp3) is 0.562. The number of aromatic nitrogens is 1. The lowest BCUT2D eigenvalue weighted by Crippen LogP contribution is -2.46. The molecule has 126 valence electrons. The van der Waals surface area contributed by atoms with E-state index in [4.69, 9.17) is 4.74 Å². The van der Waals surface area contributed by atoms with Crippen LogP contribution in [0, 0.1) is 0 Å². The molecule has 1 saturated heterocycles. The van der Waals surface area contributed by atoms with Gasteiger partial charge >= 0.3 is 6.09 Å². The molecule has 1 aliphatic rings. The summed E-state index contributed by atoms with van der Waals surface area (Å²) < 4.78 is 5.25. The Morgan fingerprint density at radius 1 is 1.30 bits per heavy atom. The van der Waals surface area contributed by atoms with Gasteiger partial charge in [-0.2, -0.15) is 0 Å². The number of carbonyl (C=O) groups excluding carboxylic acids is 2. The molecule has 7 nitrogen and oxygen atoms in total. The summed E-state index contributed by atoms with van der Waals surface area (Å²) >= 11 is 0. The number of amides is 1. The number of nitrogens with zero attached hydrogens (tertiary/aromatic N) is 2. The minimum atomic E-state index is -1.23. The van der Waals surface area contributed by atoms with Gasteiger partial charge in [0.05, 0.1) is 5.97 Å². The van der Waals surface area contributed by atoms with Crippen LogP contribution in [0.5, 0.6) is 0 Å². The molecule has 0 unspecified atom stereocenters. The molecule has 0 bridgehead atoms. The third kappa shape index (κ3) is 5.12. The lowest BCUT2D eigenvalue weighted by Gasteiger charge is -2.33. The largest absolute Gasteiger partial charge is 0.545 e. The second kappa shape index (κ2) is 6.85. The maximum absolute atomic E-state index is 11.8. The van der Waals surface area contributed by atoms with Gasteiger partial charge in [0.25, 0.3) is 0 Å². The maximum Gasteiger partial charge on any atom is 0.407 e. The van der Waals surface area contributed by atoms with Crippen LogP contribution in [0.2, 0.25) is 0 Å². The minimum Gasteiger partial charge on any atom is -0.545 e. The summed E-state index contributed by atoms with van der Waals surface area (Å²) in [6.45, 7) is 6.96. The molecule has 1 aromatic heterocycles. The summed E-state index contributed by atoms with van der Waals surface area (Å²) in [4.78, 5) is 28.7. The van der Waals surface area contributed by atoms with Gasteiger partial charge in [-0.1, -0.05) is 0 Å². The Hall–Kier alpha value is -2.31. The standard InChI is InChI=1S/C16H23N3O4/c1-16(2,3)23-15(22)18-12-6-8-19(9-7-12)13-5-4-11(10-17-13)14(20)21/h4-5,10,12H,6-9H2,1-3H3,(H,18,22)(H,20,21)/p-1. The van der Waals surface area contributed by atoms with Crippen LogP contribution in [0.3, 0.4) is 0 Å². The number of pyridine rings is 1. The zero-order valence-corrected chi connectivity index (χ0v) is 13.7. The van der Waals surface area contributed by atoms with Crippen LogP contribution < -0.4 is 15.3 Å². The van der Waals surface area contributed by atoms with Crippen molar-refractivity contribution in [2.24, 2.45) is 0 Å². The van der Waals surface area contributed by atoms with E-state index >= 15 is 0 Å². The Bertz CT molecular complexity index is 558. The Kier molecular flexibility index (Phi) is 5.08. The zero-order chi connectivity index (χ0) is 17.0. The average Bonchev–Trinajstić information content (AvgIpc) is 2.46. The van der Waals surface area contributed by atoms with Gasteiger partial charge in [0.15, 0.2) is 0 Å². The predicted molar refractivity (Wildman–Crippen MR) is 83.2 cm³/mol. The first-order valence-corrected chi connectivity index (χ1v) is 7.66. The maximum atomic E-state index is 11.8. The van der Waals surface area contributed by atoms with Crippen LogP contribution >= 0.6 is 0 Å². The van der Waals surface area contributed by atoms with Gasteiger partial charge in [0, 0.05) is 30.9 Å². The number of alkyl carbamates (subject to hydrolysis) is 1. The number of carboxylic acids is 1. The summed E-state index contributed by atoms with van der Waals surface area (Å²) in [6.07, 6.45) is 2.47. The van der Waals surface area contributed by atoms with Crippen molar-refractivity contribution in [3.05, 3.63) is 23.9 Å². The fourth-order valence-electron chi connectivity index (χ4n) is 2.42. The van der Waals surface area contributed by atoms with E-state index in [1.807, 2.05) is 20.8 Å². The monoisotopic (exact) mass is 320 g/mol. The topological polar surface area (TPSA) is 94.6 Å². The van der Waals surface area contributed by atoms with Crippen LogP contribution in [0.15, 0.2) is 18.3 Å². The third-order valence-corrected chi connectivity index (χ3v) is 3.52. The van der Waals surface area contributed by atoms with E-state index in [-0.39, 0.29) is 11.6 Å². The number of nitrogens with one attached hydrogen (secondary N) is 1. The molecular weight excluding hydrogens is 298 g/mol. The molecule has 23 heavy (non-hydrogen) atoms. The summed E-state index contributed by atoms with van der Waals surface area (Å²) in [5.74, 6) is -0.505. The molecule has 0 spiro atoms. The van der Waals surface area contributed by atoms with Crippen LogP contribution in [0.25, 0.3) is 0 Å². The smallest absolute Gasteiger partial charge is 0.407 e. The Morgan fingerprint density at radius 2 is 1.96 bits per heavy atom. The van der Waals surface area contributed by atoms with E-state index in [1.54, 1.807) is 6.07 Å². The van der Waals surface area contributed by atoms with Crippen molar-refractivity contribution in [3.8, 4) is 0 Å². The number of rotatable bonds is 3. The fourth-order valence-corrected chi connectivity index (χ4v) is 2.42. The van der Waals surface area contributed by atoms with Crippen LogP contribution in [-0.2, 0) is 4.74 Å². The molecule has 0 aliphatic carbocycles.